The first-order valence-electron chi connectivity index (χ1n) is 8.95. The van der Waals surface area contributed by atoms with Crippen molar-refractivity contribution in [2.45, 2.75) is 32.7 Å². The summed E-state index contributed by atoms with van der Waals surface area (Å²) in [5.41, 5.74) is 2.42. The molecule has 0 bridgehead atoms. The normalized spacial score (nSPS) is 14.9. The Labute approximate surface area is 149 Å². The number of amides is 1. The molecule has 1 aromatic carbocycles. The van der Waals surface area contributed by atoms with Crippen molar-refractivity contribution in [3.8, 4) is 0 Å². The third kappa shape index (κ3) is 4.75. The summed E-state index contributed by atoms with van der Waals surface area (Å²) in [4.78, 5) is 16.4. The van der Waals surface area contributed by atoms with Crippen LogP contribution in [-0.4, -0.2) is 30.9 Å². The quantitative estimate of drug-likeness (QED) is 0.765. The van der Waals surface area contributed by atoms with E-state index in [1.54, 1.807) is 17.1 Å². The van der Waals surface area contributed by atoms with Crippen molar-refractivity contribution in [2.75, 3.05) is 25.0 Å². The van der Waals surface area contributed by atoms with Crippen LogP contribution in [0.2, 0.25) is 0 Å². The largest absolute Gasteiger partial charge is 0.462 e. The highest BCUT2D eigenvalue weighted by Gasteiger charge is 2.11. The molecule has 4 nitrogen and oxygen atoms in total. The van der Waals surface area contributed by atoms with E-state index in [1.165, 1.54) is 24.9 Å². The van der Waals surface area contributed by atoms with Gasteiger partial charge in [0.25, 0.3) is 0 Å². The van der Waals surface area contributed by atoms with E-state index in [9.17, 15) is 4.79 Å². The van der Waals surface area contributed by atoms with Crippen molar-refractivity contribution in [2.24, 2.45) is 0 Å². The Balaban J connectivity index is 1.55. The van der Waals surface area contributed by atoms with Gasteiger partial charge < -0.3 is 14.2 Å². The Morgan fingerprint density at radius 1 is 1.12 bits per heavy atom. The van der Waals surface area contributed by atoms with Gasteiger partial charge in [-0.25, -0.2) is 0 Å². The summed E-state index contributed by atoms with van der Waals surface area (Å²) in [5.74, 6) is 1.51. The van der Waals surface area contributed by atoms with Crippen LogP contribution in [0.5, 0.6) is 0 Å². The number of nitrogens with zero attached hydrogens (tertiary/aromatic N) is 2. The number of likely N-dealkylation sites (N-methyl/N-ethyl adjacent to an activating group) is 1. The Morgan fingerprint density at radius 3 is 2.48 bits per heavy atom. The fourth-order valence-electron chi connectivity index (χ4n) is 3.14. The summed E-state index contributed by atoms with van der Waals surface area (Å²) in [6, 6.07) is 12.3. The Kier molecular flexibility index (Phi) is 5.59. The fraction of sp³-hybridized carbons (Fsp3) is 0.381. The van der Waals surface area contributed by atoms with Gasteiger partial charge in [0.15, 0.2) is 0 Å². The second-order valence-corrected chi connectivity index (χ2v) is 6.69. The molecule has 0 aliphatic carbocycles. The predicted octanol–water partition coefficient (Wildman–Crippen LogP) is 4.25. The third-order valence-corrected chi connectivity index (χ3v) is 4.60. The van der Waals surface area contributed by atoms with Crippen LogP contribution < -0.4 is 4.90 Å². The second-order valence-electron chi connectivity index (χ2n) is 6.69. The molecule has 25 heavy (non-hydrogen) atoms. The van der Waals surface area contributed by atoms with Crippen LogP contribution in [0.4, 0.5) is 5.69 Å². The zero-order valence-corrected chi connectivity index (χ0v) is 15.1. The molecule has 1 aromatic heterocycles. The number of aryl methyl sites for hydroxylation is 1. The number of anilines is 1. The van der Waals surface area contributed by atoms with E-state index in [-0.39, 0.29) is 5.91 Å². The molecule has 1 fully saturated rings. The van der Waals surface area contributed by atoms with Crippen LogP contribution in [0, 0.1) is 6.92 Å². The zero-order chi connectivity index (χ0) is 17.6. The molecule has 0 atom stereocenters. The topological polar surface area (TPSA) is 36.7 Å². The molecule has 0 saturated carbocycles. The molecule has 2 heterocycles. The van der Waals surface area contributed by atoms with Crippen molar-refractivity contribution >= 4 is 17.7 Å². The maximum absolute atomic E-state index is 12.2. The number of hydrogen-bond donors (Lipinski definition) is 0. The average Bonchev–Trinajstić information content (AvgIpc) is 3.06. The molecule has 4 heteroatoms. The van der Waals surface area contributed by atoms with Gasteiger partial charge in [-0.3, -0.25) is 4.79 Å². The van der Waals surface area contributed by atoms with Gasteiger partial charge in [0, 0.05) is 38.4 Å². The summed E-state index contributed by atoms with van der Waals surface area (Å²) in [5, 5.41) is 0. The molecular formula is C21H26N2O2. The van der Waals surface area contributed by atoms with Crippen molar-refractivity contribution in [3.05, 3.63) is 59.6 Å². The molecule has 0 unspecified atom stereocenters. The van der Waals surface area contributed by atoms with Gasteiger partial charge >= 0.3 is 0 Å². The molecule has 0 spiro atoms. The van der Waals surface area contributed by atoms with Gasteiger partial charge in [-0.2, -0.15) is 0 Å². The van der Waals surface area contributed by atoms with Gasteiger partial charge in [0.2, 0.25) is 5.91 Å². The lowest BCUT2D eigenvalue weighted by atomic mass is 10.1. The minimum absolute atomic E-state index is 0.0332. The third-order valence-electron chi connectivity index (χ3n) is 4.60. The minimum Gasteiger partial charge on any atom is -0.462 e. The van der Waals surface area contributed by atoms with E-state index in [0.717, 1.165) is 24.4 Å². The average molecular weight is 338 g/mol. The molecule has 0 N–H and O–H groups in total. The number of carbonyl (C=O) groups excluding carboxylic acids is 1. The lowest BCUT2D eigenvalue weighted by Gasteiger charge is -2.29. The van der Waals surface area contributed by atoms with Crippen molar-refractivity contribution < 1.29 is 9.21 Å². The second kappa shape index (κ2) is 8.06. The Hall–Kier alpha value is -2.49. The first-order valence-corrected chi connectivity index (χ1v) is 8.95. The molecule has 1 aliphatic rings. The highest BCUT2D eigenvalue weighted by Crippen LogP contribution is 2.20. The smallest absolute Gasteiger partial charge is 0.246 e. The SMILES string of the molecule is Cc1ccc(/C=C/C(=O)N(C)Cc2ccc(N3CCCCC3)cc2)o1. The number of benzene rings is 1. The number of carbonyl (C=O) groups is 1. The minimum atomic E-state index is -0.0332. The maximum atomic E-state index is 12.2. The zero-order valence-electron chi connectivity index (χ0n) is 15.1. The van der Waals surface area contributed by atoms with Crippen LogP contribution in [0.1, 0.15) is 36.3 Å². The number of furan rings is 1. The summed E-state index contributed by atoms with van der Waals surface area (Å²) in [7, 11) is 1.82. The van der Waals surface area contributed by atoms with Crippen LogP contribution in [0.25, 0.3) is 6.08 Å². The van der Waals surface area contributed by atoms with E-state index in [4.69, 9.17) is 4.42 Å². The fourth-order valence-corrected chi connectivity index (χ4v) is 3.14. The van der Waals surface area contributed by atoms with Gasteiger partial charge in [0.05, 0.1) is 0 Å². The highest BCUT2D eigenvalue weighted by molar-refractivity contribution is 5.91. The van der Waals surface area contributed by atoms with Gasteiger partial charge in [-0.1, -0.05) is 12.1 Å². The molecule has 2 aromatic rings. The van der Waals surface area contributed by atoms with Crippen molar-refractivity contribution in [1.82, 2.24) is 4.90 Å². The van der Waals surface area contributed by atoms with Gasteiger partial charge in [-0.05, 0) is 62.1 Å². The number of hydrogen-bond acceptors (Lipinski definition) is 3. The highest BCUT2D eigenvalue weighted by atomic mass is 16.3. The standard InChI is InChI=1S/C21H26N2O2/c1-17-6-11-20(25-17)12-13-21(24)22(2)16-18-7-9-19(10-8-18)23-14-4-3-5-15-23/h6-13H,3-5,14-16H2,1-2H3/b13-12+. The molecule has 1 saturated heterocycles. The molecule has 1 aliphatic heterocycles. The first kappa shape index (κ1) is 17.3. The van der Waals surface area contributed by atoms with Crippen LogP contribution in [0.3, 0.4) is 0 Å². The Morgan fingerprint density at radius 2 is 1.84 bits per heavy atom. The first-order chi connectivity index (χ1) is 12.1. The summed E-state index contributed by atoms with van der Waals surface area (Å²) in [6.07, 6.45) is 7.17. The lowest BCUT2D eigenvalue weighted by molar-refractivity contribution is -0.125. The van der Waals surface area contributed by atoms with E-state index < -0.39 is 0 Å². The lowest BCUT2D eigenvalue weighted by Crippen LogP contribution is -2.29. The number of piperidine rings is 1. The monoisotopic (exact) mass is 338 g/mol. The summed E-state index contributed by atoms with van der Waals surface area (Å²) >= 11 is 0. The van der Waals surface area contributed by atoms with Crippen LogP contribution in [-0.2, 0) is 11.3 Å². The van der Waals surface area contributed by atoms with E-state index in [2.05, 4.69) is 29.2 Å². The van der Waals surface area contributed by atoms with E-state index >= 15 is 0 Å². The molecular weight excluding hydrogens is 312 g/mol. The summed E-state index contributed by atoms with van der Waals surface area (Å²) in [6.45, 7) is 4.78. The molecule has 132 valence electrons. The van der Waals surface area contributed by atoms with Crippen molar-refractivity contribution in [3.63, 3.8) is 0 Å². The number of rotatable bonds is 5. The molecule has 1 amide bonds. The van der Waals surface area contributed by atoms with Crippen molar-refractivity contribution in [1.29, 1.82) is 0 Å². The molecule has 3 rings (SSSR count). The van der Waals surface area contributed by atoms with Crippen LogP contribution >= 0.6 is 0 Å². The van der Waals surface area contributed by atoms with E-state index in [0.29, 0.717) is 12.3 Å². The van der Waals surface area contributed by atoms with Gasteiger partial charge in [-0.15, -0.1) is 0 Å². The van der Waals surface area contributed by atoms with Crippen LogP contribution in [0.15, 0.2) is 46.9 Å². The van der Waals surface area contributed by atoms with Gasteiger partial charge in [0.1, 0.15) is 11.5 Å². The maximum Gasteiger partial charge on any atom is 0.246 e. The van der Waals surface area contributed by atoms with E-state index in [1.807, 2.05) is 26.1 Å². The summed E-state index contributed by atoms with van der Waals surface area (Å²) < 4.78 is 5.44. The molecule has 0 radical (unpaired) electrons. The Bertz CT molecular complexity index is 725. The predicted molar refractivity (Wildman–Crippen MR) is 101 cm³/mol.